The van der Waals surface area contributed by atoms with Gasteiger partial charge in [-0.05, 0) is 44.6 Å². The number of thiophene rings is 1. The van der Waals surface area contributed by atoms with Crippen LogP contribution in [0.15, 0.2) is 21.6 Å². The standard InChI is InChI=1S/C20H24N6O3S/c1-3-24-19-16(15(17(21)28)22-18(23-19)13-7-9-30-11-13)26(20(24)29)10-14(27)25-8-5-4-6-12(25)2/h7,9,11-12H,3-6,8,10H2,1-2H3,(H2,21,28)/t12-/m0/s1. The van der Waals surface area contributed by atoms with E-state index in [0.29, 0.717) is 24.6 Å². The fraction of sp³-hybridized carbons (Fsp3) is 0.450. The van der Waals surface area contributed by atoms with Crippen LogP contribution in [0.1, 0.15) is 43.6 Å². The van der Waals surface area contributed by atoms with Gasteiger partial charge in [0, 0.05) is 30.1 Å². The van der Waals surface area contributed by atoms with E-state index in [1.54, 1.807) is 4.90 Å². The minimum atomic E-state index is -0.764. The molecule has 10 heteroatoms. The molecule has 1 atom stereocenters. The summed E-state index contributed by atoms with van der Waals surface area (Å²) in [5, 5.41) is 3.74. The van der Waals surface area contributed by atoms with Crippen molar-refractivity contribution >= 4 is 34.3 Å². The number of primary amides is 1. The first-order valence-electron chi connectivity index (χ1n) is 10.0. The van der Waals surface area contributed by atoms with E-state index in [4.69, 9.17) is 5.73 Å². The average molecular weight is 429 g/mol. The number of aryl methyl sites for hydroxylation is 1. The van der Waals surface area contributed by atoms with Crippen LogP contribution < -0.4 is 11.4 Å². The largest absolute Gasteiger partial charge is 0.364 e. The molecule has 0 bridgehead atoms. The second-order valence-corrected chi connectivity index (χ2v) is 8.27. The molecule has 2 N–H and O–H groups in total. The molecule has 0 aliphatic carbocycles. The van der Waals surface area contributed by atoms with Crippen molar-refractivity contribution in [3.05, 3.63) is 33.0 Å². The van der Waals surface area contributed by atoms with Crippen LogP contribution in [0.4, 0.5) is 0 Å². The molecule has 2 amide bonds. The number of rotatable bonds is 5. The number of carbonyl (C=O) groups is 2. The van der Waals surface area contributed by atoms with E-state index in [0.717, 1.165) is 24.8 Å². The minimum absolute atomic E-state index is 0.0509. The maximum atomic E-state index is 13.1. The lowest BCUT2D eigenvalue weighted by Crippen LogP contribution is -2.44. The lowest BCUT2D eigenvalue weighted by molar-refractivity contribution is -0.135. The molecule has 4 rings (SSSR count). The summed E-state index contributed by atoms with van der Waals surface area (Å²) in [7, 11) is 0. The maximum absolute atomic E-state index is 13.1. The smallest absolute Gasteiger partial charge is 0.330 e. The van der Waals surface area contributed by atoms with Crippen LogP contribution in [0.25, 0.3) is 22.6 Å². The van der Waals surface area contributed by atoms with Crippen LogP contribution in [-0.4, -0.2) is 48.4 Å². The quantitative estimate of drug-likeness (QED) is 0.666. The van der Waals surface area contributed by atoms with Crippen molar-refractivity contribution in [1.82, 2.24) is 24.0 Å². The molecule has 1 aliphatic rings. The summed E-state index contributed by atoms with van der Waals surface area (Å²) in [4.78, 5) is 49.1. The molecule has 3 aromatic rings. The first-order chi connectivity index (χ1) is 14.4. The zero-order valence-corrected chi connectivity index (χ0v) is 17.8. The molecular weight excluding hydrogens is 404 g/mol. The van der Waals surface area contributed by atoms with Crippen LogP contribution in [0, 0.1) is 0 Å². The summed E-state index contributed by atoms with van der Waals surface area (Å²) in [6.07, 6.45) is 2.98. The monoisotopic (exact) mass is 428 g/mol. The van der Waals surface area contributed by atoms with Gasteiger partial charge >= 0.3 is 5.69 Å². The van der Waals surface area contributed by atoms with Gasteiger partial charge in [-0.2, -0.15) is 11.3 Å². The van der Waals surface area contributed by atoms with Crippen LogP contribution in [0.3, 0.4) is 0 Å². The number of hydrogen-bond acceptors (Lipinski definition) is 6. The number of nitrogens with two attached hydrogens (primary N) is 1. The summed E-state index contributed by atoms with van der Waals surface area (Å²) in [6.45, 7) is 4.67. The summed E-state index contributed by atoms with van der Waals surface area (Å²) in [5.74, 6) is -0.593. The van der Waals surface area contributed by atoms with Gasteiger partial charge < -0.3 is 10.6 Å². The van der Waals surface area contributed by atoms with E-state index in [2.05, 4.69) is 9.97 Å². The molecular formula is C20H24N6O3S. The molecule has 158 valence electrons. The molecule has 30 heavy (non-hydrogen) atoms. The highest BCUT2D eigenvalue weighted by Crippen LogP contribution is 2.24. The van der Waals surface area contributed by atoms with Crippen LogP contribution in [-0.2, 0) is 17.9 Å². The third-order valence-electron chi connectivity index (χ3n) is 5.60. The zero-order chi connectivity index (χ0) is 21.4. The van der Waals surface area contributed by atoms with Crippen molar-refractivity contribution in [2.45, 2.75) is 52.2 Å². The second kappa shape index (κ2) is 8.02. The number of fused-ring (bicyclic) bond motifs is 1. The molecule has 1 saturated heterocycles. The third kappa shape index (κ3) is 3.41. The number of carbonyl (C=O) groups excluding carboxylic acids is 2. The van der Waals surface area contributed by atoms with E-state index < -0.39 is 11.6 Å². The predicted molar refractivity (Wildman–Crippen MR) is 114 cm³/mol. The molecule has 1 aliphatic heterocycles. The number of nitrogens with zero attached hydrogens (tertiary/aromatic N) is 5. The lowest BCUT2D eigenvalue weighted by Gasteiger charge is -2.33. The van der Waals surface area contributed by atoms with Crippen molar-refractivity contribution in [1.29, 1.82) is 0 Å². The van der Waals surface area contributed by atoms with Crippen molar-refractivity contribution < 1.29 is 9.59 Å². The molecule has 1 fully saturated rings. The Balaban J connectivity index is 1.87. The fourth-order valence-corrected chi connectivity index (χ4v) is 4.67. The summed E-state index contributed by atoms with van der Waals surface area (Å²) in [5.41, 5.74) is 6.44. The van der Waals surface area contributed by atoms with Crippen LogP contribution in [0.5, 0.6) is 0 Å². The lowest BCUT2D eigenvalue weighted by atomic mass is 10.0. The third-order valence-corrected chi connectivity index (χ3v) is 6.28. The molecule has 4 heterocycles. The fourth-order valence-electron chi connectivity index (χ4n) is 4.03. The van der Waals surface area contributed by atoms with Gasteiger partial charge in [0.2, 0.25) is 5.91 Å². The number of likely N-dealkylation sites (tertiary alicyclic amines) is 1. The van der Waals surface area contributed by atoms with Gasteiger partial charge in [0.1, 0.15) is 12.1 Å². The molecule has 9 nitrogen and oxygen atoms in total. The molecule has 0 spiro atoms. The molecule has 0 aromatic carbocycles. The summed E-state index contributed by atoms with van der Waals surface area (Å²) in [6, 6.07) is 1.96. The van der Waals surface area contributed by atoms with Crippen molar-refractivity contribution in [2.75, 3.05) is 6.54 Å². The van der Waals surface area contributed by atoms with Crippen LogP contribution in [0.2, 0.25) is 0 Å². The molecule has 3 aromatic heterocycles. The van der Waals surface area contributed by atoms with Crippen molar-refractivity contribution in [2.24, 2.45) is 5.73 Å². The number of piperidine rings is 1. The van der Waals surface area contributed by atoms with E-state index in [-0.39, 0.29) is 29.7 Å². The number of hydrogen-bond donors (Lipinski definition) is 1. The Hall–Kier alpha value is -3.01. The van der Waals surface area contributed by atoms with E-state index in [9.17, 15) is 14.4 Å². The van der Waals surface area contributed by atoms with Crippen molar-refractivity contribution in [3.63, 3.8) is 0 Å². The Bertz CT molecular complexity index is 1160. The highest BCUT2D eigenvalue weighted by atomic mass is 32.1. The Morgan fingerprint density at radius 1 is 1.27 bits per heavy atom. The minimum Gasteiger partial charge on any atom is -0.364 e. The van der Waals surface area contributed by atoms with Gasteiger partial charge in [0.05, 0.1) is 0 Å². The van der Waals surface area contributed by atoms with Crippen LogP contribution >= 0.6 is 11.3 Å². The van der Waals surface area contributed by atoms with Gasteiger partial charge in [-0.15, -0.1) is 0 Å². The average Bonchev–Trinajstić information content (AvgIpc) is 3.35. The highest BCUT2D eigenvalue weighted by Gasteiger charge is 2.28. The Kier molecular flexibility index (Phi) is 5.42. The summed E-state index contributed by atoms with van der Waals surface area (Å²) >= 11 is 1.48. The Morgan fingerprint density at radius 2 is 2.07 bits per heavy atom. The van der Waals surface area contributed by atoms with Gasteiger partial charge in [-0.25, -0.2) is 14.8 Å². The van der Waals surface area contributed by atoms with Gasteiger partial charge in [-0.3, -0.25) is 18.7 Å². The first-order valence-corrected chi connectivity index (χ1v) is 11.0. The normalized spacial score (nSPS) is 16.9. The van der Waals surface area contributed by atoms with E-state index >= 15 is 0 Å². The van der Waals surface area contributed by atoms with Gasteiger partial charge in [-0.1, -0.05) is 0 Å². The summed E-state index contributed by atoms with van der Waals surface area (Å²) < 4.78 is 2.74. The molecule has 0 saturated carbocycles. The number of imidazole rings is 1. The Labute approximate surface area is 177 Å². The SMILES string of the molecule is CCn1c(=O)n(CC(=O)N2CCCC[C@@H]2C)c2c(C(N)=O)nc(-c3ccsc3)nc21. The highest BCUT2D eigenvalue weighted by molar-refractivity contribution is 7.08. The predicted octanol–water partition coefficient (Wildman–Crippen LogP) is 1.84. The van der Waals surface area contributed by atoms with Gasteiger partial charge in [0.25, 0.3) is 5.91 Å². The second-order valence-electron chi connectivity index (χ2n) is 7.49. The first kappa shape index (κ1) is 20.3. The number of amides is 2. The maximum Gasteiger partial charge on any atom is 0.330 e. The van der Waals surface area contributed by atoms with Crippen molar-refractivity contribution in [3.8, 4) is 11.4 Å². The zero-order valence-electron chi connectivity index (χ0n) is 17.0. The van der Waals surface area contributed by atoms with Gasteiger partial charge in [0.15, 0.2) is 17.2 Å². The number of aromatic nitrogens is 4. The van der Waals surface area contributed by atoms with E-state index in [1.165, 1.54) is 20.5 Å². The topological polar surface area (TPSA) is 116 Å². The Morgan fingerprint density at radius 3 is 2.70 bits per heavy atom. The molecule has 0 radical (unpaired) electrons. The van der Waals surface area contributed by atoms with E-state index in [1.807, 2.05) is 30.7 Å². The molecule has 0 unspecified atom stereocenters.